The molecule has 1 nitrogen and oxygen atoms in total. The molecule has 0 spiro atoms. The second kappa shape index (κ2) is 6.84. The Morgan fingerprint density at radius 3 is 1.86 bits per heavy atom. The van der Waals surface area contributed by atoms with Crippen LogP contribution in [-0.4, -0.2) is 11.7 Å². The van der Waals surface area contributed by atoms with E-state index in [4.69, 9.17) is 5.11 Å². The molecule has 0 fully saturated rings. The zero-order valence-corrected chi connectivity index (χ0v) is 7.40. The van der Waals surface area contributed by atoms with Gasteiger partial charge in [-0.2, -0.15) is 0 Å². The predicted octanol–water partition coefficient (Wildman–Crippen LogP) is 1.02. The second-order valence-corrected chi connectivity index (χ2v) is 1.91. The van der Waals surface area contributed by atoms with Gasteiger partial charge < -0.3 is 5.11 Å². The number of rotatable bonds is 2. The summed E-state index contributed by atoms with van der Waals surface area (Å²) in [7, 11) is 0. The van der Waals surface area contributed by atoms with E-state index in [1.54, 1.807) is 0 Å². The minimum Gasteiger partial charge on any atom is -0.396 e. The van der Waals surface area contributed by atoms with E-state index < -0.39 is 0 Å². The van der Waals surface area contributed by atoms with Gasteiger partial charge in [-0.1, -0.05) is 13.8 Å². The zero-order valence-electron chi connectivity index (χ0n) is 4.94. The Morgan fingerprint density at radius 1 is 1.43 bits per heavy atom. The molecule has 0 unspecified atom stereocenters. The van der Waals surface area contributed by atoms with Crippen LogP contribution in [0, 0.1) is 5.92 Å². The number of hydrogen-bond donors (Lipinski definition) is 1. The summed E-state index contributed by atoms with van der Waals surface area (Å²) in [6.07, 6.45) is 0.931. The van der Waals surface area contributed by atoms with Crippen LogP contribution in [0.2, 0.25) is 0 Å². The van der Waals surface area contributed by atoms with Crippen LogP contribution in [0.4, 0.5) is 0 Å². The van der Waals surface area contributed by atoms with Crippen LogP contribution in [0.25, 0.3) is 0 Å². The fraction of sp³-hybridized carbons (Fsp3) is 1.00. The van der Waals surface area contributed by atoms with Crippen molar-refractivity contribution in [3.05, 3.63) is 0 Å². The molecular weight excluding hydrogens is 167 g/mol. The molecule has 7 heavy (non-hydrogen) atoms. The minimum absolute atomic E-state index is 0. The van der Waals surface area contributed by atoms with Gasteiger partial charge in [-0.05, 0) is 12.3 Å². The summed E-state index contributed by atoms with van der Waals surface area (Å²) in [5.74, 6) is 0.648. The van der Waals surface area contributed by atoms with Crippen molar-refractivity contribution in [3.8, 4) is 0 Å². The maximum absolute atomic E-state index is 8.24. The molecule has 0 bridgehead atoms. The third kappa shape index (κ3) is 10.9. The Hall–Kier alpha value is 0.843. The van der Waals surface area contributed by atoms with Crippen LogP contribution in [0.15, 0.2) is 0 Å². The molecule has 0 radical (unpaired) electrons. The van der Waals surface area contributed by atoms with Crippen molar-refractivity contribution < 1.29 is 31.3 Å². The number of aliphatic hydroxyl groups excluding tert-OH is 1. The van der Waals surface area contributed by atoms with Gasteiger partial charge in [0.05, 0.1) is 0 Å². The third-order valence-corrected chi connectivity index (χ3v) is 0.706. The molecule has 0 saturated carbocycles. The molecule has 0 amide bonds. The van der Waals surface area contributed by atoms with Crippen LogP contribution in [0.3, 0.4) is 0 Å². The summed E-state index contributed by atoms with van der Waals surface area (Å²) >= 11 is 0. The molecule has 0 aliphatic heterocycles. The predicted molar refractivity (Wildman–Crippen MR) is 26.5 cm³/mol. The monoisotopic (exact) mass is 178 g/mol. The normalized spacial score (nSPS) is 8.57. The Kier molecular flexibility index (Phi) is 10.5. The molecule has 0 aliphatic rings. The third-order valence-electron chi connectivity index (χ3n) is 0.706. The molecule has 0 atom stereocenters. The molecule has 42 valence electrons. The smallest absolute Gasteiger partial charge is 0.0433 e. The molecule has 0 aromatic carbocycles. The molecular formula is C5H12OZr. The van der Waals surface area contributed by atoms with E-state index in [1.165, 1.54) is 0 Å². The summed E-state index contributed by atoms with van der Waals surface area (Å²) in [6.45, 7) is 4.52. The van der Waals surface area contributed by atoms with E-state index in [9.17, 15) is 0 Å². The van der Waals surface area contributed by atoms with E-state index in [2.05, 4.69) is 13.8 Å². The van der Waals surface area contributed by atoms with Gasteiger partial charge in [-0.25, -0.2) is 0 Å². The summed E-state index contributed by atoms with van der Waals surface area (Å²) in [5.41, 5.74) is 0. The average molecular weight is 179 g/mol. The topological polar surface area (TPSA) is 20.2 Å². The fourth-order valence-electron chi connectivity index (χ4n) is 0.258. The first-order valence-electron chi connectivity index (χ1n) is 2.38. The maximum Gasteiger partial charge on any atom is 0.0433 e. The van der Waals surface area contributed by atoms with Crippen LogP contribution >= 0.6 is 0 Å². The fourth-order valence-corrected chi connectivity index (χ4v) is 0.258. The SMILES string of the molecule is CC(C)CCO.[Zr]. The van der Waals surface area contributed by atoms with Crippen molar-refractivity contribution in [2.75, 3.05) is 6.61 Å². The van der Waals surface area contributed by atoms with E-state index in [0.29, 0.717) is 12.5 Å². The molecule has 0 aliphatic carbocycles. The van der Waals surface area contributed by atoms with Crippen molar-refractivity contribution in [1.82, 2.24) is 0 Å². The summed E-state index contributed by atoms with van der Waals surface area (Å²) in [6, 6.07) is 0. The first-order valence-corrected chi connectivity index (χ1v) is 2.38. The Bertz CT molecular complexity index is 29.3. The molecule has 0 saturated heterocycles. The van der Waals surface area contributed by atoms with Gasteiger partial charge in [0.25, 0.3) is 0 Å². The van der Waals surface area contributed by atoms with Crippen LogP contribution in [-0.2, 0) is 26.2 Å². The average Bonchev–Trinajstić information content (AvgIpc) is 1.35. The Labute approximate surface area is 64.2 Å². The van der Waals surface area contributed by atoms with E-state index in [-0.39, 0.29) is 26.2 Å². The van der Waals surface area contributed by atoms with E-state index >= 15 is 0 Å². The van der Waals surface area contributed by atoms with Gasteiger partial charge in [-0.3, -0.25) is 0 Å². The quantitative estimate of drug-likeness (QED) is 0.671. The van der Waals surface area contributed by atoms with Crippen molar-refractivity contribution in [2.45, 2.75) is 20.3 Å². The zero-order chi connectivity index (χ0) is 4.99. The van der Waals surface area contributed by atoms with Crippen molar-refractivity contribution in [3.63, 3.8) is 0 Å². The standard InChI is InChI=1S/C5H12O.Zr/c1-5(2)3-4-6;/h5-6H,3-4H2,1-2H3;. The second-order valence-electron chi connectivity index (χ2n) is 1.91. The number of hydrogen-bond acceptors (Lipinski definition) is 1. The van der Waals surface area contributed by atoms with E-state index in [1.807, 2.05) is 0 Å². The van der Waals surface area contributed by atoms with Crippen molar-refractivity contribution >= 4 is 0 Å². The van der Waals surface area contributed by atoms with Crippen LogP contribution in [0.1, 0.15) is 20.3 Å². The summed E-state index contributed by atoms with van der Waals surface area (Å²) in [5, 5.41) is 8.24. The molecule has 0 aromatic rings. The van der Waals surface area contributed by atoms with Gasteiger partial charge in [-0.15, -0.1) is 0 Å². The van der Waals surface area contributed by atoms with Gasteiger partial charge in [0.1, 0.15) is 0 Å². The molecule has 2 heteroatoms. The summed E-state index contributed by atoms with van der Waals surface area (Å²) in [4.78, 5) is 0. The Morgan fingerprint density at radius 2 is 1.86 bits per heavy atom. The van der Waals surface area contributed by atoms with Crippen molar-refractivity contribution in [1.29, 1.82) is 0 Å². The molecule has 0 heterocycles. The Balaban J connectivity index is 0. The van der Waals surface area contributed by atoms with Gasteiger partial charge in [0.2, 0.25) is 0 Å². The van der Waals surface area contributed by atoms with Gasteiger partial charge >= 0.3 is 0 Å². The van der Waals surface area contributed by atoms with Gasteiger partial charge in [0.15, 0.2) is 0 Å². The first kappa shape index (κ1) is 10.8. The largest absolute Gasteiger partial charge is 0.396 e. The van der Waals surface area contributed by atoms with Gasteiger partial charge in [0, 0.05) is 32.8 Å². The summed E-state index contributed by atoms with van der Waals surface area (Å²) < 4.78 is 0. The maximum atomic E-state index is 8.24. The molecule has 0 aromatic heterocycles. The first-order chi connectivity index (χ1) is 2.77. The molecule has 0 rings (SSSR count). The minimum atomic E-state index is 0. The molecule has 1 N–H and O–H groups in total. The van der Waals surface area contributed by atoms with Crippen LogP contribution in [0.5, 0.6) is 0 Å². The van der Waals surface area contributed by atoms with E-state index in [0.717, 1.165) is 6.42 Å². The van der Waals surface area contributed by atoms with Crippen LogP contribution < -0.4 is 0 Å². The van der Waals surface area contributed by atoms with Crippen molar-refractivity contribution in [2.24, 2.45) is 5.92 Å². The number of aliphatic hydroxyl groups is 1.